The number of carbonyl (C=O) groups is 2. The lowest BCUT2D eigenvalue weighted by molar-refractivity contribution is -0.136. The summed E-state index contributed by atoms with van der Waals surface area (Å²) in [5.74, 6) is 0.671. The van der Waals surface area contributed by atoms with Crippen molar-refractivity contribution in [2.24, 2.45) is 0 Å². The number of anilines is 1. The molecule has 0 aromatic heterocycles. The quantitative estimate of drug-likeness (QED) is 0.499. The number of benzene rings is 2. The molecule has 0 aliphatic carbocycles. The Kier molecular flexibility index (Phi) is 6.49. The van der Waals surface area contributed by atoms with Gasteiger partial charge in [-0.2, -0.15) is 0 Å². The molecule has 0 unspecified atom stereocenters. The molecule has 0 atom stereocenters. The minimum Gasteiger partial charge on any atom is -0.497 e. The molecule has 0 spiro atoms. The molecule has 6 nitrogen and oxygen atoms in total. The summed E-state index contributed by atoms with van der Waals surface area (Å²) in [6.07, 6.45) is 1.64. The molecule has 0 radical (unpaired) electrons. The van der Waals surface area contributed by atoms with E-state index in [2.05, 4.69) is 13.8 Å². The highest BCUT2D eigenvalue weighted by atomic mass is 16.5. The Labute approximate surface area is 182 Å². The van der Waals surface area contributed by atoms with E-state index in [1.807, 2.05) is 24.3 Å². The van der Waals surface area contributed by atoms with Gasteiger partial charge in [-0.15, -0.1) is 0 Å². The van der Waals surface area contributed by atoms with E-state index in [0.29, 0.717) is 34.4 Å². The minimum atomic E-state index is -0.569. The standard InChI is InChI=1S/C25H27NO5/c1-15(2)17-7-9-19(10-8-17)26-16(3)23(25(28)31-6)21(24(26)27)14-18-13-20(29-4)11-12-22(18)30-5/h7-15H,1-6H3/b21-14-. The number of carbonyl (C=O) groups excluding carboxylic acids is 2. The molecule has 31 heavy (non-hydrogen) atoms. The molecular weight excluding hydrogens is 394 g/mol. The highest BCUT2D eigenvalue weighted by molar-refractivity contribution is 6.23. The smallest absolute Gasteiger partial charge is 0.340 e. The van der Waals surface area contributed by atoms with Gasteiger partial charge in [0.15, 0.2) is 0 Å². The van der Waals surface area contributed by atoms with E-state index >= 15 is 0 Å². The summed E-state index contributed by atoms with van der Waals surface area (Å²) in [5.41, 5.74) is 3.46. The van der Waals surface area contributed by atoms with Gasteiger partial charge < -0.3 is 14.2 Å². The van der Waals surface area contributed by atoms with Gasteiger partial charge in [0.25, 0.3) is 5.91 Å². The Balaban J connectivity index is 2.14. The van der Waals surface area contributed by atoms with Crippen LogP contribution in [0.5, 0.6) is 11.5 Å². The molecule has 0 saturated carbocycles. The molecule has 1 amide bonds. The Morgan fingerprint density at radius 3 is 2.23 bits per heavy atom. The summed E-state index contributed by atoms with van der Waals surface area (Å²) in [4.78, 5) is 27.6. The van der Waals surface area contributed by atoms with Crippen LogP contribution in [0.1, 0.15) is 37.8 Å². The molecule has 1 aliphatic heterocycles. The van der Waals surface area contributed by atoms with Crippen LogP contribution < -0.4 is 14.4 Å². The summed E-state index contributed by atoms with van der Waals surface area (Å²) in [6.45, 7) is 5.96. The minimum absolute atomic E-state index is 0.227. The van der Waals surface area contributed by atoms with E-state index in [4.69, 9.17) is 14.2 Å². The van der Waals surface area contributed by atoms with Crippen molar-refractivity contribution >= 4 is 23.6 Å². The second-order valence-electron chi connectivity index (χ2n) is 7.50. The van der Waals surface area contributed by atoms with Crippen molar-refractivity contribution in [3.05, 3.63) is 70.4 Å². The van der Waals surface area contributed by atoms with Gasteiger partial charge in [-0.25, -0.2) is 4.79 Å². The zero-order chi connectivity index (χ0) is 22.7. The molecule has 1 heterocycles. The fourth-order valence-electron chi connectivity index (χ4n) is 3.61. The highest BCUT2D eigenvalue weighted by Gasteiger charge is 2.38. The van der Waals surface area contributed by atoms with Crippen LogP contribution >= 0.6 is 0 Å². The molecule has 0 fully saturated rings. The monoisotopic (exact) mass is 421 g/mol. The van der Waals surface area contributed by atoms with Crippen LogP contribution in [0, 0.1) is 0 Å². The van der Waals surface area contributed by atoms with Crippen LogP contribution in [0.2, 0.25) is 0 Å². The van der Waals surface area contributed by atoms with Crippen LogP contribution in [0.15, 0.2) is 59.3 Å². The summed E-state index contributed by atoms with van der Waals surface area (Å²) >= 11 is 0. The van der Waals surface area contributed by atoms with E-state index in [9.17, 15) is 9.59 Å². The predicted octanol–water partition coefficient (Wildman–Crippen LogP) is 4.70. The van der Waals surface area contributed by atoms with Gasteiger partial charge in [0.2, 0.25) is 0 Å². The molecule has 2 aromatic carbocycles. The fourth-order valence-corrected chi connectivity index (χ4v) is 3.61. The first-order chi connectivity index (χ1) is 14.8. The number of ether oxygens (including phenoxy) is 3. The zero-order valence-corrected chi connectivity index (χ0v) is 18.7. The van der Waals surface area contributed by atoms with Crippen molar-refractivity contribution in [3.8, 4) is 11.5 Å². The van der Waals surface area contributed by atoms with Gasteiger partial charge >= 0.3 is 5.97 Å². The Morgan fingerprint density at radius 1 is 1.00 bits per heavy atom. The molecule has 0 bridgehead atoms. The lowest BCUT2D eigenvalue weighted by atomic mass is 10.0. The predicted molar refractivity (Wildman–Crippen MR) is 120 cm³/mol. The lowest BCUT2D eigenvalue weighted by Crippen LogP contribution is -2.24. The van der Waals surface area contributed by atoms with Crippen molar-refractivity contribution < 1.29 is 23.8 Å². The number of methoxy groups -OCH3 is 3. The van der Waals surface area contributed by atoms with Crippen LogP contribution in [0.3, 0.4) is 0 Å². The summed E-state index contributed by atoms with van der Waals surface area (Å²) < 4.78 is 15.7. The van der Waals surface area contributed by atoms with Gasteiger partial charge in [-0.05, 0) is 54.8 Å². The Morgan fingerprint density at radius 2 is 1.68 bits per heavy atom. The number of nitrogens with zero attached hydrogens (tertiary/aromatic N) is 1. The first kappa shape index (κ1) is 22.2. The molecule has 0 saturated heterocycles. The van der Waals surface area contributed by atoms with E-state index in [1.54, 1.807) is 45.4 Å². The topological polar surface area (TPSA) is 65.1 Å². The number of hydrogen-bond acceptors (Lipinski definition) is 5. The second kappa shape index (κ2) is 9.08. The Hall–Kier alpha value is -3.54. The van der Waals surface area contributed by atoms with Gasteiger partial charge in [-0.1, -0.05) is 26.0 Å². The van der Waals surface area contributed by atoms with Gasteiger partial charge in [0.1, 0.15) is 11.5 Å². The molecule has 3 rings (SSSR count). The van der Waals surface area contributed by atoms with E-state index in [-0.39, 0.29) is 17.1 Å². The number of rotatable bonds is 6. The number of hydrogen-bond donors (Lipinski definition) is 0. The third-order valence-corrected chi connectivity index (χ3v) is 5.34. The molecule has 1 aliphatic rings. The van der Waals surface area contributed by atoms with Crippen molar-refractivity contribution in [2.75, 3.05) is 26.2 Å². The maximum absolute atomic E-state index is 13.5. The van der Waals surface area contributed by atoms with E-state index < -0.39 is 5.97 Å². The maximum Gasteiger partial charge on any atom is 0.340 e. The third kappa shape index (κ3) is 4.19. The molecule has 0 N–H and O–H groups in total. The summed E-state index contributed by atoms with van der Waals surface area (Å²) in [7, 11) is 4.41. The van der Waals surface area contributed by atoms with Crippen molar-refractivity contribution in [2.45, 2.75) is 26.7 Å². The number of amides is 1. The summed E-state index contributed by atoms with van der Waals surface area (Å²) in [5, 5.41) is 0. The van der Waals surface area contributed by atoms with E-state index in [1.165, 1.54) is 17.6 Å². The Bertz CT molecular complexity index is 1060. The number of allylic oxidation sites excluding steroid dienone is 1. The maximum atomic E-state index is 13.5. The zero-order valence-electron chi connectivity index (χ0n) is 18.7. The second-order valence-corrected chi connectivity index (χ2v) is 7.50. The van der Waals surface area contributed by atoms with Crippen LogP contribution in [0.4, 0.5) is 5.69 Å². The first-order valence-corrected chi connectivity index (χ1v) is 10.00. The molecule has 2 aromatic rings. The summed E-state index contributed by atoms with van der Waals surface area (Å²) in [6, 6.07) is 13.0. The van der Waals surface area contributed by atoms with Crippen LogP contribution in [-0.2, 0) is 14.3 Å². The van der Waals surface area contributed by atoms with E-state index in [0.717, 1.165) is 0 Å². The fraction of sp³-hybridized carbons (Fsp3) is 0.280. The van der Waals surface area contributed by atoms with Gasteiger partial charge in [-0.3, -0.25) is 9.69 Å². The average molecular weight is 421 g/mol. The first-order valence-electron chi connectivity index (χ1n) is 10.00. The normalized spacial score (nSPS) is 15.1. The largest absolute Gasteiger partial charge is 0.497 e. The molecule has 162 valence electrons. The highest BCUT2D eigenvalue weighted by Crippen LogP contribution is 2.37. The SMILES string of the molecule is COC(=O)C1=C(C)N(c2ccc(C(C)C)cc2)C(=O)/C1=C\c1cc(OC)ccc1OC. The van der Waals surface area contributed by atoms with Crippen LogP contribution in [0.25, 0.3) is 6.08 Å². The van der Waals surface area contributed by atoms with Crippen molar-refractivity contribution in [3.63, 3.8) is 0 Å². The lowest BCUT2D eigenvalue weighted by Gasteiger charge is -2.19. The number of esters is 1. The third-order valence-electron chi connectivity index (χ3n) is 5.34. The van der Waals surface area contributed by atoms with Gasteiger partial charge in [0.05, 0.1) is 32.5 Å². The molecule has 6 heteroatoms. The average Bonchev–Trinajstić information content (AvgIpc) is 3.02. The van der Waals surface area contributed by atoms with Crippen molar-refractivity contribution in [1.29, 1.82) is 0 Å². The molecular formula is C25H27NO5. The van der Waals surface area contributed by atoms with Crippen molar-refractivity contribution in [1.82, 2.24) is 0 Å². The van der Waals surface area contributed by atoms with Gasteiger partial charge in [0, 0.05) is 16.9 Å². The van der Waals surface area contributed by atoms with Crippen LogP contribution in [-0.4, -0.2) is 33.2 Å².